The Hall–Kier alpha value is -1.76. The van der Waals surface area contributed by atoms with Gasteiger partial charge in [0.2, 0.25) is 0 Å². The molecule has 1 fully saturated rings. The average molecular weight is 332 g/mol. The van der Waals surface area contributed by atoms with Crippen molar-refractivity contribution in [3.63, 3.8) is 0 Å². The number of rotatable bonds is 5. The number of hydrogen-bond donors (Lipinski definition) is 1. The number of halogens is 1. The van der Waals surface area contributed by atoms with E-state index >= 15 is 0 Å². The van der Waals surface area contributed by atoms with E-state index in [1.807, 2.05) is 25.3 Å². The van der Waals surface area contributed by atoms with Crippen molar-refractivity contribution in [3.05, 3.63) is 48.0 Å². The van der Waals surface area contributed by atoms with Crippen molar-refractivity contribution in [1.29, 1.82) is 0 Å². The van der Waals surface area contributed by atoms with E-state index in [1.165, 1.54) is 12.1 Å². The lowest BCUT2D eigenvalue weighted by Crippen LogP contribution is -2.53. The summed E-state index contributed by atoms with van der Waals surface area (Å²) in [6, 6.07) is 8.85. The fraction of sp³-hybridized carbons (Fsp3) is 0.500. The number of aromatic nitrogens is 2. The van der Waals surface area contributed by atoms with Gasteiger partial charge < -0.3 is 5.11 Å². The van der Waals surface area contributed by atoms with Crippen LogP contribution in [0.25, 0.3) is 5.69 Å². The minimum atomic E-state index is -0.291. The molecule has 0 bridgehead atoms. The molecule has 0 spiro atoms. The molecule has 130 valence electrons. The maximum atomic E-state index is 13.3. The van der Waals surface area contributed by atoms with E-state index in [4.69, 9.17) is 0 Å². The highest BCUT2D eigenvalue weighted by atomic mass is 19.1. The van der Waals surface area contributed by atoms with Crippen LogP contribution in [0.15, 0.2) is 36.5 Å². The first-order valence-corrected chi connectivity index (χ1v) is 8.46. The van der Waals surface area contributed by atoms with E-state index < -0.39 is 0 Å². The third kappa shape index (κ3) is 4.20. The summed E-state index contributed by atoms with van der Waals surface area (Å²) in [4.78, 5) is 4.70. The second-order valence-corrected chi connectivity index (χ2v) is 6.66. The zero-order chi connectivity index (χ0) is 17.1. The highest BCUT2D eigenvalue weighted by Crippen LogP contribution is 2.14. The van der Waals surface area contributed by atoms with Gasteiger partial charge in [0.15, 0.2) is 0 Å². The standard InChI is InChI=1S/C18H25FN4O/c1-14-11-21(8-9-22(14)12-15(2)24)13-17-6-7-23(20-17)18-5-3-4-16(19)10-18/h3-7,10,14-15,24H,8-9,11-13H2,1-2H3. The third-order valence-corrected chi connectivity index (χ3v) is 4.45. The molecule has 24 heavy (non-hydrogen) atoms. The van der Waals surface area contributed by atoms with E-state index in [0.29, 0.717) is 6.04 Å². The van der Waals surface area contributed by atoms with Crippen LogP contribution >= 0.6 is 0 Å². The molecule has 0 saturated carbocycles. The number of piperazine rings is 1. The first-order valence-electron chi connectivity index (χ1n) is 8.46. The molecule has 5 nitrogen and oxygen atoms in total. The predicted octanol–water partition coefficient (Wildman–Crippen LogP) is 1.90. The van der Waals surface area contributed by atoms with Gasteiger partial charge in [0.1, 0.15) is 5.82 Å². The second-order valence-electron chi connectivity index (χ2n) is 6.66. The van der Waals surface area contributed by atoms with Crippen LogP contribution in [0.1, 0.15) is 19.5 Å². The number of aliphatic hydroxyl groups excluding tert-OH is 1. The lowest BCUT2D eigenvalue weighted by molar-refractivity contribution is 0.0418. The topological polar surface area (TPSA) is 44.5 Å². The molecule has 2 heterocycles. The van der Waals surface area contributed by atoms with E-state index in [-0.39, 0.29) is 11.9 Å². The number of β-amino-alcohol motifs (C(OH)–C–C–N with tert-alkyl or cyclic N) is 1. The van der Waals surface area contributed by atoms with Crippen LogP contribution in [-0.2, 0) is 6.54 Å². The molecule has 2 aromatic rings. The van der Waals surface area contributed by atoms with Crippen LogP contribution in [0.4, 0.5) is 4.39 Å². The lowest BCUT2D eigenvalue weighted by Gasteiger charge is -2.40. The van der Waals surface area contributed by atoms with Gasteiger partial charge in [-0.2, -0.15) is 5.10 Å². The van der Waals surface area contributed by atoms with Crippen molar-refractivity contribution in [1.82, 2.24) is 19.6 Å². The van der Waals surface area contributed by atoms with E-state index in [1.54, 1.807) is 10.7 Å². The zero-order valence-corrected chi connectivity index (χ0v) is 14.3. The fourth-order valence-electron chi connectivity index (χ4n) is 3.26. The van der Waals surface area contributed by atoms with Crippen LogP contribution < -0.4 is 0 Å². The van der Waals surface area contributed by atoms with Crippen molar-refractivity contribution in [3.8, 4) is 5.69 Å². The van der Waals surface area contributed by atoms with Crippen LogP contribution in [0, 0.1) is 5.82 Å². The summed E-state index contributed by atoms with van der Waals surface area (Å²) >= 11 is 0. The summed E-state index contributed by atoms with van der Waals surface area (Å²) in [6.45, 7) is 8.41. The molecule has 6 heteroatoms. The van der Waals surface area contributed by atoms with Gasteiger partial charge in [0, 0.05) is 45.0 Å². The van der Waals surface area contributed by atoms with Crippen molar-refractivity contribution in [2.24, 2.45) is 0 Å². The molecule has 0 amide bonds. The van der Waals surface area contributed by atoms with Crippen molar-refractivity contribution < 1.29 is 9.50 Å². The summed E-state index contributed by atoms with van der Waals surface area (Å²) in [5.41, 5.74) is 1.71. The summed E-state index contributed by atoms with van der Waals surface area (Å²) < 4.78 is 15.0. The Morgan fingerprint density at radius 3 is 2.88 bits per heavy atom. The summed E-state index contributed by atoms with van der Waals surface area (Å²) in [5.74, 6) is -0.257. The third-order valence-electron chi connectivity index (χ3n) is 4.45. The van der Waals surface area contributed by atoms with Crippen molar-refractivity contribution in [2.75, 3.05) is 26.2 Å². The van der Waals surface area contributed by atoms with Gasteiger partial charge in [-0.25, -0.2) is 9.07 Å². The van der Waals surface area contributed by atoms with Gasteiger partial charge >= 0.3 is 0 Å². The van der Waals surface area contributed by atoms with Crippen molar-refractivity contribution >= 4 is 0 Å². The summed E-state index contributed by atoms with van der Waals surface area (Å²) in [5, 5.41) is 14.1. The maximum absolute atomic E-state index is 13.3. The number of benzene rings is 1. The molecule has 1 aromatic heterocycles. The zero-order valence-electron chi connectivity index (χ0n) is 14.3. The summed E-state index contributed by atoms with van der Waals surface area (Å²) in [6.07, 6.45) is 1.58. The molecular formula is C18H25FN4O. The van der Waals surface area contributed by atoms with Crippen LogP contribution in [-0.4, -0.2) is 63.0 Å². The minimum Gasteiger partial charge on any atom is -0.392 e. The Morgan fingerprint density at radius 2 is 2.17 bits per heavy atom. The van der Waals surface area contributed by atoms with Gasteiger partial charge in [0.25, 0.3) is 0 Å². The molecule has 0 radical (unpaired) electrons. The fourth-order valence-corrected chi connectivity index (χ4v) is 3.26. The monoisotopic (exact) mass is 332 g/mol. The molecule has 3 rings (SSSR count). The highest BCUT2D eigenvalue weighted by molar-refractivity contribution is 5.31. The van der Waals surface area contributed by atoms with Gasteiger partial charge in [-0.3, -0.25) is 9.80 Å². The first kappa shape index (κ1) is 17.1. The number of hydrogen-bond acceptors (Lipinski definition) is 4. The largest absolute Gasteiger partial charge is 0.392 e. The Morgan fingerprint density at radius 1 is 1.33 bits per heavy atom. The normalized spacial score (nSPS) is 21.1. The Balaban J connectivity index is 1.60. The molecule has 1 saturated heterocycles. The van der Waals surface area contributed by atoms with E-state index in [9.17, 15) is 9.50 Å². The maximum Gasteiger partial charge on any atom is 0.125 e. The van der Waals surface area contributed by atoms with Crippen LogP contribution in [0.2, 0.25) is 0 Å². The number of aliphatic hydroxyl groups is 1. The SMILES string of the molecule is CC(O)CN1CCN(Cc2ccn(-c3cccc(F)c3)n2)CC1C. The van der Waals surface area contributed by atoms with Crippen LogP contribution in [0.5, 0.6) is 0 Å². The van der Waals surface area contributed by atoms with E-state index in [0.717, 1.165) is 44.1 Å². The minimum absolute atomic E-state index is 0.257. The quantitative estimate of drug-likeness (QED) is 0.908. The molecular weight excluding hydrogens is 307 g/mol. The molecule has 1 aromatic carbocycles. The van der Waals surface area contributed by atoms with Crippen molar-refractivity contribution in [2.45, 2.75) is 32.5 Å². The second kappa shape index (κ2) is 7.42. The highest BCUT2D eigenvalue weighted by Gasteiger charge is 2.24. The van der Waals surface area contributed by atoms with Gasteiger partial charge in [-0.05, 0) is 38.1 Å². The van der Waals surface area contributed by atoms with Gasteiger partial charge in [0.05, 0.1) is 17.5 Å². The molecule has 1 aliphatic rings. The van der Waals surface area contributed by atoms with E-state index in [2.05, 4.69) is 21.8 Å². The summed E-state index contributed by atoms with van der Waals surface area (Å²) in [7, 11) is 0. The first-order chi connectivity index (χ1) is 11.5. The Bertz CT molecular complexity index is 673. The lowest BCUT2D eigenvalue weighted by atomic mass is 10.1. The molecule has 1 aliphatic heterocycles. The van der Waals surface area contributed by atoms with Gasteiger partial charge in [-0.1, -0.05) is 6.07 Å². The average Bonchev–Trinajstić information content (AvgIpc) is 2.98. The molecule has 1 N–H and O–H groups in total. The molecule has 0 aliphatic carbocycles. The predicted molar refractivity (Wildman–Crippen MR) is 91.5 cm³/mol. The van der Waals surface area contributed by atoms with Crippen LogP contribution in [0.3, 0.4) is 0 Å². The molecule has 2 unspecified atom stereocenters. The molecule has 2 atom stereocenters. The Labute approximate surface area is 142 Å². The Kier molecular flexibility index (Phi) is 5.28. The van der Waals surface area contributed by atoms with Gasteiger partial charge in [-0.15, -0.1) is 0 Å². The smallest absolute Gasteiger partial charge is 0.125 e. The number of nitrogens with zero attached hydrogens (tertiary/aromatic N) is 4.